The average molecular weight is 300 g/mol. The summed E-state index contributed by atoms with van der Waals surface area (Å²) < 4.78 is 19.8. The highest BCUT2D eigenvalue weighted by Crippen LogP contribution is 2.56. The van der Waals surface area contributed by atoms with Gasteiger partial charge in [-0.15, -0.1) is 0 Å². The molecule has 23 heavy (non-hydrogen) atoms. The molecule has 0 heterocycles. The van der Waals surface area contributed by atoms with E-state index in [1.807, 2.05) is 30.3 Å². The largest absolute Gasteiger partial charge is 0.497 e. The molecule has 4 aromatic carbocycles. The molecule has 110 valence electrons. The molecule has 5 rings (SSSR count). The van der Waals surface area contributed by atoms with E-state index in [0.29, 0.717) is 11.3 Å². The van der Waals surface area contributed by atoms with Crippen molar-refractivity contribution in [3.63, 3.8) is 0 Å². The number of hydrogen-bond acceptors (Lipinski definition) is 1. The number of rotatable bonds is 1. The second-order valence-electron chi connectivity index (χ2n) is 5.87. The van der Waals surface area contributed by atoms with E-state index < -0.39 is 0 Å². The van der Waals surface area contributed by atoms with Crippen LogP contribution in [0, 0.1) is 5.82 Å². The van der Waals surface area contributed by atoms with Gasteiger partial charge < -0.3 is 4.74 Å². The van der Waals surface area contributed by atoms with Gasteiger partial charge in [0, 0.05) is 17.2 Å². The molecule has 0 spiro atoms. The Kier molecular flexibility index (Phi) is 2.38. The van der Waals surface area contributed by atoms with Gasteiger partial charge in [0.15, 0.2) is 0 Å². The van der Waals surface area contributed by atoms with Gasteiger partial charge in [0.25, 0.3) is 0 Å². The molecule has 0 amide bonds. The van der Waals surface area contributed by atoms with E-state index in [9.17, 15) is 4.39 Å². The van der Waals surface area contributed by atoms with E-state index in [1.165, 1.54) is 22.2 Å². The summed E-state index contributed by atoms with van der Waals surface area (Å²) in [7, 11) is 1.57. The fraction of sp³-hybridized carbons (Fsp3) is 0.0476. The van der Waals surface area contributed by atoms with Crippen LogP contribution in [-0.2, 0) is 0 Å². The van der Waals surface area contributed by atoms with Crippen LogP contribution >= 0.6 is 0 Å². The number of methoxy groups -OCH3 is 1. The molecule has 0 aromatic heterocycles. The van der Waals surface area contributed by atoms with Crippen molar-refractivity contribution in [2.75, 3.05) is 7.11 Å². The lowest BCUT2D eigenvalue weighted by molar-refractivity contribution is 0.411. The van der Waals surface area contributed by atoms with Gasteiger partial charge in [-0.25, -0.2) is 4.39 Å². The molecule has 2 heteroatoms. The Morgan fingerprint density at radius 2 is 1.26 bits per heavy atom. The first-order valence-electron chi connectivity index (χ1n) is 7.61. The molecule has 0 saturated carbocycles. The van der Waals surface area contributed by atoms with Gasteiger partial charge in [0.05, 0.1) is 7.11 Å². The van der Waals surface area contributed by atoms with E-state index >= 15 is 0 Å². The number of benzene rings is 4. The summed E-state index contributed by atoms with van der Waals surface area (Å²) in [5, 5.41) is 4.65. The zero-order valence-corrected chi connectivity index (χ0v) is 12.6. The lowest BCUT2D eigenvalue weighted by atomic mass is 9.74. The van der Waals surface area contributed by atoms with Crippen molar-refractivity contribution in [2.45, 2.75) is 0 Å². The second kappa shape index (κ2) is 4.32. The Morgan fingerprint density at radius 1 is 0.696 bits per heavy atom. The predicted octanol–water partition coefficient (Wildman–Crippen LogP) is 5.79. The summed E-state index contributed by atoms with van der Waals surface area (Å²) in [6.45, 7) is 0. The third kappa shape index (κ3) is 1.50. The standard InChI is InChI=1S/C21H13FO/c1-23-12-10-17-19-15-8-4-2-6-13(15)14-7-3-5-9-16(14)21(19)20(17)18(22)11-12/h2-11H,1H3. The second-order valence-corrected chi connectivity index (χ2v) is 5.87. The van der Waals surface area contributed by atoms with Gasteiger partial charge in [-0.2, -0.15) is 0 Å². The fourth-order valence-electron chi connectivity index (χ4n) is 3.77. The van der Waals surface area contributed by atoms with Crippen LogP contribution in [0.3, 0.4) is 0 Å². The Bertz CT molecular complexity index is 1110. The summed E-state index contributed by atoms with van der Waals surface area (Å²) in [6.07, 6.45) is 0. The molecule has 0 saturated heterocycles. The molecular weight excluding hydrogens is 287 g/mol. The Morgan fingerprint density at radius 3 is 1.87 bits per heavy atom. The molecule has 0 atom stereocenters. The van der Waals surface area contributed by atoms with Gasteiger partial charge >= 0.3 is 0 Å². The van der Waals surface area contributed by atoms with Crippen LogP contribution in [0.4, 0.5) is 4.39 Å². The highest BCUT2D eigenvalue weighted by atomic mass is 19.1. The topological polar surface area (TPSA) is 9.23 Å². The van der Waals surface area contributed by atoms with Crippen molar-refractivity contribution in [3.8, 4) is 28.0 Å². The van der Waals surface area contributed by atoms with E-state index in [-0.39, 0.29) is 5.82 Å². The van der Waals surface area contributed by atoms with Crippen LogP contribution < -0.4 is 4.74 Å². The number of hydrogen-bond donors (Lipinski definition) is 0. The van der Waals surface area contributed by atoms with E-state index in [4.69, 9.17) is 4.74 Å². The van der Waals surface area contributed by atoms with Crippen LogP contribution in [0.15, 0.2) is 60.7 Å². The maximum atomic E-state index is 14.6. The van der Waals surface area contributed by atoms with E-state index in [0.717, 1.165) is 22.1 Å². The highest BCUT2D eigenvalue weighted by Gasteiger charge is 2.31. The summed E-state index contributed by atoms with van der Waals surface area (Å²) in [5.74, 6) is 0.344. The summed E-state index contributed by atoms with van der Waals surface area (Å²) >= 11 is 0. The van der Waals surface area contributed by atoms with Crippen molar-refractivity contribution in [1.29, 1.82) is 0 Å². The molecule has 0 aliphatic heterocycles. The normalized spacial score (nSPS) is 11.9. The van der Waals surface area contributed by atoms with Crippen LogP contribution in [0.1, 0.15) is 0 Å². The molecule has 4 aromatic rings. The van der Waals surface area contributed by atoms with Gasteiger partial charge in [-0.05, 0) is 38.7 Å². The lowest BCUT2D eigenvalue weighted by Gasteiger charge is -2.29. The summed E-state index contributed by atoms with van der Waals surface area (Å²) in [4.78, 5) is 0. The van der Waals surface area contributed by atoms with Crippen molar-refractivity contribution in [1.82, 2.24) is 0 Å². The lowest BCUT2D eigenvalue weighted by Crippen LogP contribution is -2.05. The quantitative estimate of drug-likeness (QED) is 0.356. The molecule has 0 unspecified atom stereocenters. The van der Waals surface area contributed by atoms with Crippen LogP contribution in [0.25, 0.3) is 43.8 Å². The first-order valence-corrected chi connectivity index (χ1v) is 7.61. The molecular formula is C21H13FO. The zero-order valence-electron chi connectivity index (χ0n) is 12.6. The van der Waals surface area contributed by atoms with Gasteiger partial charge in [-0.1, -0.05) is 48.5 Å². The summed E-state index contributed by atoms with van der Waals surface area (Å²) in [5.41, 5.74) is 3.81. The minimum absolute atomic E-state index is 0.215. The molecule has 0 bridgehead atoms. The Labute approximate surface area is 132 Å². The molecule has 1 nitrogen and oxygen atoms in total. The number of halogens is 1. The predicted molar refractivity (Wildman–Crippen MR) is 92.4 cm³/mol. The third-order valence-electron chi connectivity index (χ3n) is 4.75. The minimum Gasteiger partial charge on any atom is -0.497 e. The maximum Gasteiger partial charge on any atom is 0.135 e. The van der Waals surface area contributed by atoms with Crippen LogP contribution in [0.5, 0.6) is 5.75 Å². The first kappa shape index (κ1) is 12.7. The molecule has 0 N–H and O–H groups in total. The molecule has 0 radical (unpaired) electrons. The van der Waals surface area contributed by atoms with Crippen molar-refractivity contribution >= 4 is 21.5 Å². The van der Waals surface area contributed by atoms with Gasteiger partial charge in [-0.3, -0.25) is 0 Å². The number of ether oxygens (including phenoxy) is 1. The van der Waals surface area contributed by atoms with Gasteiger partial charge in [0.2, 0.25) is 0 Å². The van der Waals surface area contributed by atoms with Crippen LogP contribution in [-0.4, -0.2) is 7.11 Å². The van der Waals surface area contributed by atoms with Crippen molar-refractivity contribution < 1.29 is 9.13 Å². The van der Waals surface area contributed by atoms with E-state index in [1.54, 1.807) is 7.11 Å². The first-order chi connectivity index (χ1) is 11.3. The summed E-state index contributed by atoms with van der Waals surface area (Å²) in [6, 6.07) is 20.0. The van der Waals surface area contributed by atoms with Crippen molar-refractivity contribution in [3.05, 3.63) is 66.5 Å². The van der Waals surface area contributed by atoms with Crippen molar-refractivity contribution in [2.24, 2.45) is 0 Å². The van der Waals surface area contributed by atoms with E-state index in [2.05, 4.69) is 24.3 Å². The Balaban J connectivity index is 2.01. The zero-order chi connectivity index (χ0) is 15.6. The SMILES string of the molecule is COc1cc(F)c2c(c1)-c1c-2c2ccccc2c2ccccc12. The minimum atomic E-state index is -0.215. The molecule has 1 aliphatic rings. The number of fused-ring (bicyclic) bond motifs is 9. The Hall–Kier alpha value is -2.87. The fourth-order valence-corrected chi connectivity index (χ4v) is 3.77. The maximum absolute atomic E-state index is 14.6. The highest BCUT2D eigenvalue weighted by molar-refractivity contribution is 6.28. The monoisotopic (exact) mass is 300 g/mol. The molecule has 1 aliphatic carbocycles. The smallest absolute Gasteiger partial charge is 0.135 e. The third-order valence-corrected chi connectivity index (χ3v) is 4.75. The van der Waals surface area contributed by atoms with Gasteiger partial charge in [0.1, 0.15) is 11.6 Å². The van der Waals surface area contributed by atoms with Crippen LogP contribution in [0.2, 0.25) is 0 Å². The molecule has 0 fully saturated rings. The average Bonchev–Trinajstić information content (AvgIpc) is 2.57.